The highest BCUT2D eigenvalue weighted by Crippen LogP contribution is 2.27. The molecule has 1 atom stereocenters. The van der Waals surface area contributed by atoms with Crippen LogP contribution in [0, 0.1) is 5.82 Å². The van der Waals surface area contributed by atoms with E-state index in [9.17, 15) is 9.50 Å². The Bertz CT molecular complexity index is 410. The quantitative estimate of drug-likeness (QED) is 0.851. The molecule has 1 heterocycles. The van der Waals surface area contributed by atoms with E-state index in [4.69, 9.17) is 4.74 Å². The summed E-state index contributed by atoms with van der Waals surface area (Å²) in [5.41, 5.74) is -0.623. The minimum atomic E-state index is -1.13. The first-order valence-corrected chi connectivity index (χ1v) is 5.39. The van der Waals surface area contributed by atoms with Gasteiger partial charge in [-0.15, -0.1) is 0 Å². The smallest absolute Gasteiger partial charge is 0.126 e. The van der Waals surface area contributed by atoms with Gasteiger partial charge in [0, 0.05) is 12.8 Å². The molecule has 2 rings (SSSR count). The molecule has 0 radical (unpaired) electrons. The molecule has 0 spiro atoms. The highest BCUT2D eigenvalue weighted by molar-refractivity contribution is 5.23. The Balaban J connectivity index is 2.17. The Morgan fingerprint density at radius 1 is 1.44 bits per heavy atom. The largest absolute Gasteiger partial charge is 0.495 e. The minimum Gasteiger partial charge on any atom is -0.495 e. The number of aliphatic hydroxyl groups is 1. The maximum absolute atomic E-state index is 13.4. The molecule has 3 heteroatoms. The first kappa shape index (κ1) is 11.1. The normalized spacial score (nSPS) is 18.8. The minimum absolute atomic E-state index is 0.228. The van der Waals surface area contributed by atoms with E-state index in [1.807, 2.05) is 6.08 Å². The number of rotatable bonds is 3. The van der Waals surface area contributed by atoms with E-state index in [1.165, 1.54) is 6.07 Å². The van der Waals surface area contributed by atoms with Gasteiger partial charge in [0.2, 0.25) is 0 Å². The maximum atomic E-state index is 13.4. The Morgan fingerprint density at radius 2 is 2.19 bits per heavy atom. The first-order valence-electron chi connectivity index (χ1n) is 5.39. The number of ether oxygens (including phenoxy) is 1. The predicted molar refractivity (Wildman–Crippen MR) is 59.4 cm³/mol. The molecule has 86 valence electrons. The Morgan fingerprint density at radius 3 is 2.81 bits per heavy atom. The zero-order valence-corrected chi connectivity index (χ0v) is 9.24. The van der Waals surface area contributed by atoms with Gasteiger partial charge in [-0.2, -0.15) is 0 Å². The van der Waals surface area contributed by atoms with Crippen molar-refractivity contribution in [1.29, 1.82) is 0 Å². The van der Waals surface area contributed by atoms with Crippen molar-refractivity contribution in [3.05, 3.63) is 47.5 Å². The lowest BCUT2D eigenvalue weighted by atomic mass is 9.94. The molecule has 0 fully saturated rings. The second-order valence-corrected chi connectivity index (χ2v) is 4.25. The van der Waals surface area contributed by atoms with E-state index < -0.39 is 5.60 Å². The van der Waals surface area contributed by atoms with Gasteiger partial charge in [0.25, 0.3) is 0 Å². The summed E-state index contributed by atoms with van der Waals surface area (Å²) in [5.74, 6) is 0.261. The average molecular weight is 222 g/mol. The molecule has 0 aromatic heterocycles. The van der Waals surface area contributed by atoms with Crippen molar-refractivity contribution in [2.45, 2.75) is 25.4 Å². The van der Waals surface area contributed by atoms with Crippen LogP contribution >= 0.6 is 0 Å². The third-order valence-electron chi connectivity index (χ3n) is 2.73. The number of hydrogen-bond donors (Lipinski definition) is 1. The van der Waals surface area contributed by atoms with Crippen molar-refractivity contribution in [3.8, 4) is 0 Å². The summed E-state index contributed by atoms with van der Waals surface area (Å²) in [7, 11) is 0. The molecule has 1 aliphatic heterocycles. The lowest BCUT2D eigenvalue weighted by Gasteiger charge is -2.24. The SMILES string of the molecule is CC(O)(Cc1ccccc1F)C1=CCCO1. The van der Waals surface area contributed by atoms with E-state index >= 15 is 0 Å². The monoisotopic (exact) mass is 222 g/mol. The van der Waals surface area contributed by atoms with Crippen LogP contribution < -0.4 is 0 Å². The Kier molecular flexibility index (Phi) is 2.97. The van der Waals surface area contributed by atoms with Crippen LogP contribution in [0.1, 0.15) is 18.9 Å². The summed E-state index contributed by atoms with van der Waals surface area (Å²) in [4.78, 5) is 0. The van der Waals surface area contributed by atoms with Gasteiger partial charge in [0.1, 0.15) is 17.2 Å². The third kappa shape index (κ3) is 2.25. The van der Waals surface area contributed by atoms with Crippen molar-refractivity contribution in [3.63, 3.8) is 0 Å². The molecule has 0 bridgehead atoms. The lowest BCUT2D eigenvalue weighted by molar-refractivity contribution is 0.0344. The van der Waals surface area contributed by atoms with Crippen LogP contribution in [-0.4, -0.2) is 17.3 Å². The summed E-state index contributed by atoms with van der Waals surface area (Å²) >= 11 is 0. The molecule has 1 aliphatic rings. The second kappa shape index (κ2) is 4.26. The second-order valence-electron chi connectivity index (χ2n) is 4.25. The van der Waals surface area contributed by atoms with Crippen LogP contribution in [0.2, 0.25) is 0 Å². The molecule has 0 saturated carbocycles. The molecule has 0 aliphatic carbocycles. The third-order valence-corrected chi connectivity index (χ3v) is 2.73. The molecular weight excluding hydrogens is 207 g/mol. The van der Waals surface area contributed by atoms with Gasteiger partial charge >= 0.3 is 0 Å². The van der Waals surface area contributed by atoms with Crippen LogP contribution in [0.15, 0.2) is 36.1 Å². The highest BCUT2D eigenvalue weighted by Gasteiger charge is 2.30. The lowest BCUT2D eigenvalue weighted by Crippen LogP contribution is -2.30. The summed E-state index contributed by atoms with van der Waals surface area (Å²) in [6, 6.07) is 6.48. The standard InChI is InChI=1S/C13H15FO2/c1-13(15,12-7-4-8-16-12)9-10-5-2-3-6-11(10)14/h2-3,5-7,15H,4,8-9H2,1H3. The highest BCUT2D eigenvalue weighted by atomic mass is 19.1. The van der Waals surface area contributed by atoms with Gasteiger partial charge in [0.15, 0.2) is 0 Å². The van der Waals surface area contributed by atoms with Crippen molar-refractivity contribution >= 4 is 0 Å². The fourth-order valence-corrected chi connectivity index (χ4v) is 1.89. The molecule has 0 saturated heterocycles. The maximum Gasteiger partial charge on any atom is 0.126 e. The summed E-state index contributed by atoms with van der Waals surface area (Å²) in [6.45, 7) is 2.25. The van der Waals surface area contributed by atoms with Crippen LogP contribution in [0.5, 0.6) is 0 Å². The van der Waals surface area contributed by atoms with Crippen LogP contribution in [-0.2, 0) is 11.2 Å². The van der Waals surface area contributed by atoms with Crippen LogP contribution in [0.25, 0.3) is 0 Å². The molecule has 1 N–H and O–H groups in total. The van der Waals surface area contributed by atoms with E-state index in [1.54, 1.807) is 25.1 Å². The topological polar surface area (TPSA) is 29.5 Å². The zero-order valence-electron chi connectivity index (χ0n) is 9.24. The Hall–Kier alpha value is -1.35. The van der Waals surface area contributed by atoms with Crippen LogP contribution in [0.3, 0.4) is 0 Å². The van der Waals surface area contributed by atoms with E-state index in [0.717, 1.165) is 6.42 Å². The predicted octanol–water partition coefficient (Wildman–Crippen LogP) is 2.42. The molecular formula is C13H15FO2. The summed E-state index contributed by atoms with van der Waals surface area (Å²) in [5, 5.41) is 10.2. The van der Waals surface area contributed by atoms with Crippen molar-refractivity contribution < 1.29 is 14.2 Å². The van der Waals surface area contributed by atoms with Gasteiger partial charge in [-0.1, -0.05) is 18.2 Å². The van der Waals surface area contributed by atoms with Gasteiger partial charge in [-0.25, -0.2) is 4.39 Å². The fraction of sp³-hybridized carbons (Fsp3) is 0.385. The van der Waals surface area contributed by atoms with Gasteiger partial charge < -0.3 is 9.84 Å². The average Bonchev–Trinajstić information content (AvgIpc) is 2.75. The molecule has 1 unspecified atom stereocenters. The Labute approximate surface area is 94.4 Å². The summed E-state index contributed by atoms with van der Waals surface area (Å²) < 4.78 is 18.8. The molecule has 0 amide bonds. The van der Waals surface area contributed by atoms with Gasteiger partial charge in [-0.3, -0.25) is 0 Å². The number of halogens is 1. The number of hydrogen-bond acceptors (Lipinski definition) is 2. The molecule has 1 aromatic carbocycles. The van der Waals surface area contributed by atoms with Crippen LogP contribution in [0.4, 0.5) is 4.39 Å². The molecule has 16 heavy (non-hydrogen) atoms. The van der Waals surface area contributed by atoms with Gasteiger partial charge in [-0.05, 0) is 24.6 Å². The molecule has 2 nitrogen and oxygen atoms in total. The zero-order chi connectivity index (χ0) is 11.6. The van der Waals surface area contributed by atoms with Crippen molar-refractivity contribution in [2.24, 2.45) is 0 Å². The fourth-order valence-electron chi connectivity index (χ4n) is 1.89. The molecule has 1 aromatic rings. The number of benzene rings is 1. The van der Waals surface area contributed by atoms with E-state index in [2.05, 4.69) is 0 Å². The van der Waals surface area contributed by atoms with Crippen molar-refractivity contribution in [2.75, 3.05) is 6.61 Å². The van der Waals surface area contributed by atoms with Gasteiger partial charge in [0.05, 0.1) is 6.61 Å². The van der Waals surface area contributed by atoms with E-state index in [-0.39, 0.29) is 12.2 Å². The van der Waals surface area contributed by atoms with E-state index in [0.29, 0.717) is 17.9 Å². The summed E-state index contributed by atoms with van der Waals surface area (Å²) in [6.07, 6.45) is 2.90. The van der Waals surface area contributed by atoms with Crippen molar-refractivity contribution in [1.82, 2.24) is 0 Å². The first-order chi connectivity index (χ1) is 7.59.